The van der Waals surface area contributed by atoms with Crippen LogP contribution in [0.2, 0.25) is 0 Å². The van der Waals surface area contributed by atoms with Gasteiger partial charge in [0.2, 0.25) is 0 Å². The molecule has 0 saturated heterocycles. The van der Waals surface area contributed by atoms with Crippen molar-refractivity contribution in [2.24, 2.45) is 0 Å². The Morgan fingerprint density at radius 2 is 1.74 bits per heavy atom. The number of carbonyl (C=O) groups is 1. The zero-order chi connectivity index (χ0) is 24.9. The number of anilines is 1. The van der Waals surface area contributed by atoms with E-state index >= 15 is 0 Å². The molecule has 4 rings (SSSR count). The largest absolute Gasteiger partial charge is 0.322 e. The molecule has 0 aliphatic carbocycles. The third-order valence-electron chi connectivity index (χ3n) is 5.79. The van der Waals surface area contributed by atoms with Crippen molar-refractivity contribution in [1.82, 2.24) is 14.5 Å². The second kappa shape index (κ2) is 10.8. The Morgan fingerprint density at radius 3 is 2.43 bits per heavy atom. The number of hydrogen-bond acceptors (Lipinski definition) is 3. The van der Waals surface area contributed by atoms with Crippen molar-refractivity contribution in [1.29, 1.82) is 0 Å². The molecule has 1 atom stereocenters. The smallest absolute Gasteiger partial charge is 0.314 e. The molecule has 4 aromatic rings. The highest BCUT2D eigenvalue weighted by Gasteiger charge is 2.29. The van der Waals surface area contributed by atoms with Crippen molar-refractivity contribution in [3.05, 3.63) is 99.3 Å². The van der Waals surface area contributed by atoms with Gasteiger partial charge in [0.25, 0.3) is 5.56 Å². The molecule has 0 aliphatic heterocycles. The van der Waals surface area contributed by atoms with Crippen LogP contribution in [-0.4, -0.2) is 27.0 Å². The van der Waals surface area contributed by atoms with Gasteiger partial charge < -0.3 is 10.2 Å². The second-order valence-corrected chi connectivity index (χ2v) is 8.99. The molecular formula is C27H26BrFN4O2. The van der Waals surface area contributed by atoms with E-state index in [0.717, 1.165) is 4.47 Å². The molecule has 0 radical (unpaired) electrons. The molecule has 0 aliphatic rings. The second-order valence-electron chi connectivity index (χ2n) is 8.13. The predicted molar refractivity (Wildman–Crippen MR) is 140 cm³/mol. The minimum Gasteiger partial charge on any atom is -0.314 e. The molecule has 2 amide bonds. The monoisotopic (exact) mass is 536 g/mol. The number of rotatable bonds is 7. The van der Waals surface area contributed by atoms with E-state index in [-0.39, 0.29) is 11.6 Å². The molecule has 3 aromatic carbocycles. The van der Waals surface area contributed by atoms with E-state index in [4.69, 9.17) is 4.98 Å². The van der Waals surface area contributed by atoms with Crippen LogP contribution in [0.5, 0.6) is 0 Å². The third-order valence-corrected chi connectivity index (χ3v) is 6.48. The molecule has 1 heterocycles. The first-order chi connectivity index (χ1) is 16.9. The number of benzene rings is 3. The highest BCUT2D eigenvalue weighted by molar-refractivity contribution is 9.10. The number of nitrogens with zero attached hydrogens (tertiary/aromatic N) is 3. The van der Waals surface area contributed by atoms with Crippen LogP contribution in [0.1, 0.15) is 38.6 Å². The first kappa shape index (κ1) is 24.6. The fourth-order valence-corrected chi connectivity index (χ4v) is 4.53. The van der Waals surface area contributed by atoms with Crippen LogP contribution in [0.15, 0.2) is 82.1 Å². The standard InChI is InChI=1S/C27H26BrFN4O2/c1-3-17-32(27(35)31-23-12-8-6-10-21(23)28)24(4-2)25-30-22-11-7-5-9-20(22)26(34)33(25)19-15-13-18(29)14-16-19/h5-16,24H,3-4,17H2,1-2H3,(H,31,35). The van der Waals surface area contributed by atoms with Crippen molar-refractivity contribution in [2.75, 3.05) is 11.9 Å². The summed E-state index contributed by atoms with van der Waals surface area (Å²) >= 11 is 3.47. The number of fused-ring (bicyclic) bond motifs is 1. The van der Waals surface area contributed by atoms with Gasteiger partial charge in [0, 0.05) is 11.0 Å². The molecule has 180 valence electrons. The van der Waals surface area contributed by atoms with Crippen LogP contribution in [0.25, 0.3) is 16.6 Å². The van der Waals surface area contributed by atoms with Gasteiger partial charge in [-0.05, 0) is 77.3 Å². The van der Waals surface area contributed by atoms with E-state index in [9.17, 15) is 14.0 Å². The molecular weight excluding hydrogens is 511 g/mol. The highest BCUT2D eigenvalue weighted by atomic mass is 79.9. The highest BCUT2D eigenvalue weighted by Crippen LogP contribution is 2.28. The van der Waals surface area contributed by atoms with Crippen molar-refractivity contribution < 1.29 is 9.18 Å². The SMILES string of the molecule is CCCN(C(=O)Nc1ccccc1Br)C(CC)c1nc2ccccc2c(=O)n1-c1ccc(F)cc1. The fourth-order valence-electron chi connectivity index (χ4n) is 4.14. The summed E-state index contributed by atoms with van der Waals surface area (Å²) in [6.45, 7) is 4.41. The zero-order valence-corrected chi connectivity index (χ0v) is 21.1. The molecule has 0 bridgehead atoms. The quantitative estimate of drug-likeness (QED) is 0.286. The Hall–Kier alpha value is -3.52. The fraction of sp³-hybridized carbons (Fsp3) is 0.222. The van der Waals surface area contributed by atoms with Gasteiger partial charge in [-0.1, -0.05) is 38.1 Å². The van der Waals surface area contributed by atoms with Gasteiger partial charge in [-0.15, -0.1) is 0 Å². The first-order valence-electron chi connectivity index (χ1n) is 11.5. The Morgan fingerprint density at radius 1 is 1.06 bits per heavy atom. The van der Waals surface area contributed by atoms with Crippen molar-refractivity contribution >= 4 is 38.6 Å². The van der Waals surface area contributed by atoms with Gasteiger partial charge in [0.05, 0.1) is 28.3 Å². The van der Waals surface area contributed by atoms with E-state index in [1.807, 2.05) is 44.2 Å². The molecule has 8 heteroatoms. The third kappa shape index (κ3) is 5.12. The Kier molecular flexibility index (Phi) is 7.60. The lowest BCUT2D eigenvalue weighted by Gasteiger charge is -2.32. The Bertz CT molecular complexity index is 1400. The van der Waals surface area contributed by atoms with E-state index in [0.29, 0.717) is 47.5 Å². The normalized spacial score (nSPS) is 11.9. The van der Waals surface area contributed by atoms with Crippen LogP contribution >= 0.6 is 15.9 Å². The summed E-state index contributed by atoms with van der Waals surface area (Å²) in [5.41, 5.74) is 1.42. The number of nitrogens with one attached hydrogen (secondary N) is 1. The maximum atomic E-state index is 13.7. The van der Waals surface area contributed by atoms with Crippen LogP contribution in [0, 0.1) is 5.82 Å². The van der Waals surface area contributed by atoms with Crippen molar-refractivity contribution in [3.8, 4) is 5.69 Å². The van der Waals surface area contributed by atoms with Gasteiger partial charge in [-0.2, -0.15) is 0 Å². The maximum Gasteiger partial charge on any atom is 0.322 e. The number of para-hydroxylation sites is 2. The molecule has 6 nitrogen and oxygen atoms in total. The summed E-state index contributed by atoms with van der Waals surface area (Å²) < 4.78 is 15.9. The van der Waals surface area contributed by atoms with Crippen LogP contribution in [0.3, 0.4) is 0 Å². The number of aromatic nitrogens is 2. The summed E-state index contributed by atoms with van der Waals surface area (Å²) in [6, 6.07) is 19.4. The molecule has 0 saturated carbocycles. The van der Waals surface area contributed by atoms with E-state index in [1.54, 1.807) is 35.2 Å². The zero-order valence-electron chi connectivity index (χ0n) is 19.5. The summed E-state index contributed by atoms with van der Waals surface area (Å²) in [6.07, 6.45) is 1.24. The number of amides is 2. The number of carbonyl (C=O) groups excluding carboxylic acids is 1. The molecule has 0 spiro atoms. The Labute approximate surface area is 211 Å². The number of hydrogen-bond donors (Lipinski definition) is 1. The van der Waals surface area contributed by atoms with Crippen LogP contribution < -0.4 is 10.9 Å². The summed E-state index contributed by atoms with van der Waals surface area (Å²) in [5.74, 6) is 0.0306. The minimum absolute atomic E-state index is 0.265. The predicted octanol–water partition coefficient (Wildman–Crippen LogP) is 6.68. The van der Waals surface area contributed by atoms with Gasteiger partial charge in [-0.3, -0.25) is 9.36 Å². The molecule has 1 N–H and O–H groups in total. The molecule has 35 heavy (non-hydrogen) atoms. The molecule has 1 aromatic heterocycles. The van der Waals surface area contributed by atoms with E-state index < -0.39 is 11.9 Å². The van der Waals surface area contributed by atoms with Gasteiger partial charge in [0.15, 0.2) is 0 Å². The summed E-state index contributed by atoms with van der Waals surface area (Å²) in [4.78, 5) is 33.7. The lowest BCUT2D eigenvalue weighted by Crippen LogP contribution is -2.41. The van der Waals surface area contributed by atoms with Crippen LogP contribution in [0.4, 0.5) is 14.9 Å². The van der Waals surface area contributed by atoms with Gasteiger partial charge >= 0.3 is 6.03 Å². The average Bonchev–Trinajstić information content (AvgIpc) is 2.86. The van der Waals surface area contributed by atoms with Gasteiger partial charge in [-0.25, -0.2) is 14.2 Å². The first-order valence-corrected chi connectivity index (χ1v) is 12.3. The van der Waals surface area contributed by atoms with Gasteiger partial charge in [0.1, 0.15) is 11.6 Å². The summed E-state index contributed by atoms with van der Waals surface area (Å²) in [7, 11) is 0. The minimum atomic E-state index is -0.500. The van der Waals surface area contributed by atoms with E-state index in [1.165, 1.54) is 16.7 Å². The van der Waals surface area contributed by atoms with Crippen molar-refractivity contribution in [2.45, 2.75) is 32.7 Å². The number of halogens is 2. The van der Waals surface area contributed by atoms with E-state index in [2.05, 4.69) is 21.2 Å². The summed E-state index contributed by atoms with van der Waals surface area (Å²) in [5, 5.41) is 3.43. The Balaban J connectivity index is 1.87. The molecule has 0 fully saturated rings. The average molecular weight is 537 g/mol. The molecule has 1 unspecified atom stereocenters. The topological polar surface area (TPSA) is 67.2 Å². The van der Waals surface area contributed by atoms with Crippen LogP contribution in [-0.2, 0) is 0 Å². The lowest BCUT2D eigenvalue weighted by molar-refractivity contribution is 0.181. The number of urea groups is 1. The van der Waals surface area contributed by atoms with Crippen molar-refractivity contribution in [3.63, 3.8) is 0 Å². The maximum absolute atomic E-state index is 13.7. The lowest BCUT2D eigenvalue weighted by atomic mass is 10.1.